The zero-order valence-corrected chi connectivity index (χ0v) is 9.31. The molecule has 1 aromatic rings. The van der Waals surface area contributed by atoms with Gasteiger partial charge in [0.25, 0.3) is 6.43 Å². The Labute approximate surface area is 99.4 Å². The molecular weight excluding hydrogens is 317 g/mol. The second-order valence-corrected chi connectivity index (χ2v) is 3.71. The van der Waals surface area contributed by atoms with Crippen LogP contribution in [0.25, 0.3) is 0 Å². The average Bonchev–Trinajstić information content (AvgIpc) is 2.13. The van der Waals surface area contributed by atoms with Crippen molar-refractivity contribution < 1.29 is 31.9 Å². The second kappa shape index (κ2) is 4.55. The van der Waals surface area contributed by atoms with Gasteiger partial charge in [0, 0.05) is 4.47 Å². The molecule has 17 heavy (non-hydrogen) atoms. The lowest BCUT2D eigenvalue weighted by Gasteiger charge is -2.11. The van der Waals surface area contributed by atoms with Crippen LogP contribution in [0.3, 0.4) is 0 Å². The molecule has 0 amide bonds. The largest absolute Gasteiger partial charge is 0.478 e. The number of halogens is 6. The average molecular weight is 320 g/mol. The van der Waals surface area contributed by atoms with Crippen LogP contribution in [0.15, 0.2) is 10.5 Å². The van der Waals surface area contributed by atoms with E-state index in [1.165, 1.54) is 0 Å². The summed E-state index contributed by atoms with van der Waals surface area (Å²) in [6.45, 7) is 0. The fourth-order valence-corrected chi connectivity index (χ4v) is 1.64. The molecule has 0 aliphatic rings. The molecule has 0 unspecified atom stereocenters. The molecule has 0 atom stereocenters. The smallest absolute Gasteiger partial charge is 0.433 e. The van der Waals surface area contributed by atoms with E-state index in [2.05, 4.69) is 20.9 Å². The van der Waals surface area contributed by atoms with Crippen molar-refractivity contribution in [3.63, 3.8) is 0 Å². The Morgan fingerprint density at radius 1 is 1.41 bits per heavy atom. The highest BCUT2D eigenvalue weighted by Gasteiger charge is 2.36. The van der Waals surface area contributed by atoms with E-state index in [1.54, 1.807) is 0 Å². The van der Waals surface area contributed by atoms with E-state index in [0.29, 0.717) is 6.07 Å². The fraction of sp³-hybridized carbons (Fsp3) is 0.250. The lowest BCUT2D eigenvalue weighted by Crippen LogP contribution is -2.14. The minimum absolute atomic E-state index is 0.343. The molecule has 0 saturated carbocycles. The summed E-state index contributed by atoms with van der Waals surface area (Å²) in [6, 6.07) is 0.343. The number of hydrogen-bond donors (Lipinski definition) is 1. The standard InChI is InChI=1S/C8H3BrF5NO2/c9-2-1-3(8(12,13)14)15-5(6(10)11)4(2)7(16)17/h1,6H,(H,16,17). The molecule has 1 rings (SSSR count). The maximum absolute atomic E-state index is 12.4. The van der Waals surface area contributed by atoms with Gasteiger partial charge in [-0.25, -0.2) is 18.6 Å². The summed E-state index contributed by atoms with van der Waals surface area (Å²) in [5, 5.41) is 8.60. The summed E-state index contributed by atoms with van der Waals surface area (Å²) in [5.41, 5.74) is -3.98. The van der Waals surface area contributed by atoms with Crippen molar-refractivity contribution in [1.82, 2.24) is 4.98 Å². The molecular formula is C8H3BrF5NO2. The molecule has 0 saturated heterocycles. The highest BCUT2D eigenvalue weighted by molar-refractivity contribution is 9.10. The van der Waals surface area contributed by atoms with Gasteiger partial charge in [-0.05, 0) is 22.0 Å². The van der Waals surface area contributed by atoms with Gasteiger partial charge in [0.2, 0.25) is 0 Å². The van der Waals surface area contributed by atoms with Gasteiger partial charge < -0.3 is 5.11 Å². The number of carboxylic acid groups (broad SMARTS) is 1. The molecule has 0 fully saturated rings. The van der Waals surface area contributed by atoms with Gasteiger partial charge in [0.05, 0.1) is 0 Å². The lowest BCUT2D eigenvalue weighted by molar-refractivity contribution is -0.141. The van der Waals surface area contributed by atoms with Crippen LogP contribution in [-0.2, 0) is 6.18 Å². The molecule has 1 heterocycles. The van der Waals surface area contributed by atoms with Crippen LogP contribution in [0.1, 0.15) is 28.2 Å². The number of alkyl halides is 5. The molecule has 0 radical (unpaired) electrons. The zero-order chi connectivity index (χ0) is 13.4. The van der Waals surface area contributed by atoms with Gasteiger partial charge in [-0.3, -0.25) is 0 Å². The molecule has 1 aromatic heterocycles. The van der Waals surface area contributed by atoms with Crippen molar-refractivity contribution >= 4 is 21.9 Å². The number of carbonyl (C=O) groups is 1. The Morgan fingerprint density at radius 2 is 1.94 bits per heavy atom. The van der Waals surface area contributed by atoms with Crippen molar-refractivity contribution in [2.75, 3.05) is 0 Å². The van der Waals surface area contributed by atoms with E-state index in [-0.39, 0.29) is 0 Å². The number of nitrogens with zero attached hydrogens (tertiary/aromatic N) is 1. The summed E-state index contributed by atoms with van der Waals surface area (Å²) in [4.78, 5) is 13.3. The third kappa shape index (κ3) is 2.90. The van der Waals surface area contributed by atoms with Gasteiger partial charge in [-0.15, -0.1) is 0 Å². The van der Waals surface area contributed by atoms with Gasteiger partial charge >= 0.3 is 12.1 Å². The molecule has 0 aliphatic carbocycles. The normalized spacial score (nSPS) is 11.9. The van der Waals surface area contributed by atoms with Crippen molar-refractivity contribution in [1.29, 1.82) is 0 Å². The third-order valence-electron chi connectivity index (χ3n) is 1.71. The van der Waals surface area contributed by atoms with Crippen LogP contribution in [0.4, 0.5) is 22.0 Å². The highest BCUT2D eigenvalue weighted by atomic mass is 79.9. The topological polar surface area (TPSA) is 50.2 Å². The Balaban J connectivity index is 3.52. The van der Waals surface area contributed by atoms with E-state index in [9.17, 15) is 26.7 Å². The van der Waals surface area contributed by atoms with Gasteiger partial charge in [0.15, 0.2) is 0 Å². The van der Waals surface area contributed by atoms with E-state index >= 15 is 0 Å². The van der Waals surface area contributed by atoms with Crippen molar-refractivity contribution in [3.05, 3.63) is 27.5 Å². The van der Waals surface area contributed by atoms with Crippen LogP contribution < -0.4 is 0 Å². The number of hydrogen-bond acceptors (Lipinski definition) is 2. The number of aromatic carboxylic acids is 1. The quantitative estimate of drug-likeness (QED) is 0.849. The fourth-order valence-electron chi connectivity index (χ4n) is 1.05. The maximum atomic E-state index is 12.4. The molecule has 3 nitrogen and oxygen atoms in total. The Hall–Kier alpha value is -1.25. The number of carboxylic acids is 1. The summed E-state index contributed by atoms with van der Waals surface area (Å²) in [7, 11) is 0. The first kappa shape index (κ1) is 13.8. The molecule has 0 bridgehead atoms. The van der Waals surface area contributed by atoms with E-state index in [0.717, 1.165) is 0 Å². The minimum Gasteiger partial charge on any atom is -0.478 e. The van der Waals surface area contributed by atoms with Gasteiger partial charge in [0.1, 0.15) is 17.0 Å². The molecule has 0 aromatic carbocycles. The third-order valence-corrected chi connectivity index (χ3v) is 2.34. The summed E-state index contributed by atoms with van der Waals surface area (Å²) in [5.74, 6) is -1.78. The van der Waals surface area contributed by atoms with Crippen molar-refractivity contribution in [2.45, 2.75) is 12.6 Å². The van der Waals surface area contributed by atoms with Crippen LogP contribution in [0.2, 0.25) is 0 Å². The molecule has 1 N–H and O–H groups in total. The van der Waals surface area contributed by atoms with Crippen LogP contribution in [0.5, 0.6) is 0 Å². The first-order valence-corrected chi connectivity index (χ1v) is 4.73. The van der Waals surface area contributed by atoms with E-state index in [1.807, 2.05) is 0 Å². The lowest BCUT2D eigenvalue weighted by atomic mass is 10.1. The maximum Gasteiger partial charge on any atom is 0.433 e. The van der Waals surface area contributed by atoms with Crippen molar-refractivity contribution in [3.8, 4) is 0 Å². The Morgan fingerprint density at radius 3 is 2.29 bits per heavy atom. The highest BCUT2D eigenvalue weighted by Crippen LogP contribution is 2.34. The first-order chi connectivity index (χ1) is 7.64. The van der Waals surface area contributed by atoms with Crippen LogP contribution in [-0.4, -0.2) is 16.1 Å². The van der Waals surface area contributed by atoms with Gasteiger partial charge in [-0.2, -0.15) is 13.2 Å². The molecule has 0 spiro atoms. The predicted octanol–water partition coefficient (Wildman–Crippen LogP) is 3.50. The SMILES string of the molecule is O=C(O)c1c(Br)cc(C(F)(F)F)nc1C(F)F. The van der Waals surface area contributed by atoms with Crippen molar-refractivity contribution in [2.24, 2.45) is 0 Å². The molecule has 0 aliphatic heterocycles. The number of pyridine rings is 1. The molecule has 9 heteroatoms. The minimum atomic E-state index is -4.93. The van der Waals surface area contributed by atoms with Crippen LogP contribution >= 0.6 is 15.9 Å². The van der Waals surface area contributed by atoms with Gasteiger partial charge in [-0.1, -0.05) is 0 Å². The first-order valence-electron chi connectivity index (χ1n) is 3.93. The number of aromatic nitrogens is 1. The summed E-state index contributed by atoms with van der Waals surface area (Å²) < 4.78 is 61.1. The zero-order valence-electron chi connectivity index (χ0n) is 7.73. The second-order valence-electron chi connectivity index (χ2n) is 2.85. The Kier molecular flexibility index (Phi) is 3.70. The predicted molar refractivity (Wildman–Crippen MR) is 48.9 cm³/mol. The monoisotopic (exact) mass is 319 g/mol. The Bertz CT molecular complexity index is 460. The molecule has 94 valence electrons. The van der Waals surface area contributed by atoms with E-state index in [4.69, 9.17) is 5.11 Å². The van der Waals surface area contributed by atoms with E-state index < -0.39 is 40.0 Å². The summed E-state index contributed by atoms with van der Waals surface area (Å²) >= 11 is 2.51. The summed E-state index contributed by atoms with van der Waals surface area (Å²) in [6.07, 6.45) is -8.34. The van der Waals surface area contributed by atoms with Crippen LogP contribution in [0, 0.1) is 0 Å². The number of rotatable bonds is 2.